The van der Waals surface area contributed by atoms with Gasteiger partial charge in [-0.25, -0.2) is 5.43 Å². The van der Waals surface area contributed by atoms with Gasteiger partial charge >= 0.3 is 0 Å². The number of nitrogens with zero attached hydrogens (tertiary/aromatic N) is 1. The normalized spacial score (nSPS) is 10.7. The Labute approximate surface area is 148 Å². The molecule has 120 valence electrons. The van der Waals surface area contributed by atoms with Gasteiger partial charge in [0.1, 0.15) is 5.75 Å². The first-order valence-corrected chi connectivity index (χ1v) is 8.91. The summed E-state index contributed by atoms with van der Waals surface area (Å²) in [6.07, 6.45) is 1.58. The Hall–Kier alpha value is -1.79. The molecule has 0 radical (unpaired) electrons. The third kappa shape index (κ3) is 6.08. The van der Waals surface area contributed by atoms with Crippen molar-refractivity contribution in [2.24, 2.45) is 5.10 Å². The van der Waals surface area contributed by atoms with Gasteiger partial charge < -0.3 is 4.74 Å². The molecule has 0 saturated heterocycles. The van der Waals surface area contributed by atoms with Gasteiger partial charge in [0.15, 0.2) is 0 Å². The number of hydrogen-bond donors (Lipinski definition) is 1. The van der Waals surface area contributed by atoms with Gasteiger partial charge in [0.2, 0.25) is 5.91 Å². The number of benzene rings is 2. The second-order valence-electron chi connectivity index (χ2n) is 4.65. The van der Waals surface area contributed by atoms with Gasteiger partial charge in [-0.2, -0.15) is 5.10 Å². The quantitative estimate of drug-likeness (QED) is 0.575. The topological polar surface area (TPSA) is 50.7 Å². The molecule has 0 aliphatic carbocycles. The monoisotopic (exact) mass is 392 g/mol. The number of amides is 1. The Bertz CT molecular complexity index is 675. The Kier molecular flexibility index (Phi) is 7.16. The number of carbonyl (C=O) groups excluding carboxylic acids is 1. The van der Waals surface area contributed by atoms with Crippen molar-refractivity contribution in [3.05, 3.63) is 64.1 Å². The smallest absolute Gasteiger partial charge is 0.250 e. The summed E-state index contributed by atoms with van der Waals surface area (Å²) >= 11 is 4.95. The van der Waals surface area contributed by atoms with Gasteiger partial charge in [-0.15, -0.1) is 11.8 Å². The number of methoxy groups -OCH3 is 1. The molecule has 2 aromatic rings. The van der Waals surface area contributed by atoms with Gasteiger partial charge in [0, 0.05) is 15.8 Å². The van der Waals surface area contributed by atoms with Crippen LogP contribution in [0.1, 0.15) is 11.1 Å². The van der Waals surface area contributed by atoms with Crippen LogP contribution in [0.2, 0.25) is 0 Å². The third-order valence-electron chi connectivity index (χ3n) is 2.95. The van der Waals surface area contributed by atoms with Crippen LogP contribution >= 0.6 is 27.7 Å². The average Bonchev–Trinajstić information content (AvgIpc) is 2.57. The second-order valence-corrected chi connectivity index (χ2v) is 6.56. The van der Waals surface area contributed by atoms with E-state index >= 15 is 0 Å². The van der Waals surface area contributed by atoms with Crippen molar-refractivity contribution < 1.29 is 9.53 Å². The van der Waals surface area contributed by atoms with Crippen molar-refractivity contribution in [3.63, 3.8) is 0 Å². The van der Waals surface area contributed by atoms with Gasteiger partial charge in [0.25, 0.3) is 0 Å². The summed E-state index contributed by atoms with van der Waals surface area (Å²) in [6.45, 7) is 0. The Morgan fingerprint density at radius 3 is 2.74 bits per heavy atom. The zero-order valence-corrected chi connectivity index (χ0v) is 15.1. The molecule has 0 bridgehead atoms. The predicted octanol–water partition coefficient (Wildman–Crippen LogP) is 3.84. The van der Waals surface area contributed by atoms with Crippen LogP contribution < -0.4 is 10.2 Å². The Balaban J connectivity index is 1.74. The van der Waals surface area contributed by atoms with E-state index in [9.17, 15) is 4.79 Å². The molecular weight excluding hydrogens is 376 g/mol. The number of nitrogens with one attached hydrogen (secondary N) is 1. The number of ether oxygens (including phenoxy) is 1. The average molecular weight is 393 g/mol. The number of halogens is 1. The maximum Gasteiger partial charge on any atom is 0.250 e. The lowest BCUT2D eigenvalue weighted by Crippen LogP contribution is -2.19. The van der Waals surface area contributed by atoms with Crippen LogP contribution in [0.5, 0.6) is 5.75 Å². The summed E-state index contributed by atoms with van der Waals surface area (Å²) < 4.78 is 6.26. The number of para-hydroxylation sites is 1. The molecule has 0 fully saturated rings. The van der Waals surface area contributed by atoms with E-state index in [4.69, 9.17) is 4.74 Å². The van der Waals surface area contributed by atoms with Crippen molar-refractivity contribution >= 4 is 39.8 Å². The molecule has 23 heavy (non-hydrogen) atoms. The van der Waals surface area contributed by atoms with Gasteiger partial charge in [-0.1, -0.05) is 40.2 Å². The van der Waals surface area contributed by atoms with E-state index in [0.717, 1.165) is 21.5 Å². The van der Waals surface area contributed by atoms with Crippen LogP contribution in [0.15, 0.2) is 58.1 Å². The van der Waals surface area contributed by atoms with Crippen LogP contribution in [0.4, 0.5) is 0 Å². The molecule has 0 spiro atoms. The van der Waals surface area contributed by atoms with Gasteiger partial charge in [-0.3, -0.25) is 4.79 Å². The standard InChI is InChI=1S/C17H17BrN2O2S/c1-22-16-5-3-2-4-14(16)10-19-20-17(21)12-23-11-13-6-8-15(18)9-7-13/h2-10H,11-12H2,1H3,(H,20,21). The first-order valence-electron chi connectivity index (χ1n) is 6.96. The first kappa shape index (κ1) is 17.6. The lowest BCUT2D eigenvalue weighted by atomic mass is 10.2. The molecule has 6 heteroatoms. The predicted molar refractivity (Wildman–Crippen MR) is 99.0 cm³/mol. The minimum Gasteiger partial charge on any atom is -0.496 e. The fraction of sp³-hybridized carbons (Fsp3) is 0.176. The Morgan fingerprint density at radius 2 is 2.00 bits per heavy atom. The van der Waals surface area contributed by atoms with Crippen LogP contribution in [-0.2, 0) is 10.5 Å². The molecule has 0 aromatic heterocycles. The molecule has 2 rings (SSSR count). The minimum atomic E-state index is -0.127. The van der Waals surface area contributed by atoms with Crippen LogP contribution in [0.25, 0.3) is 0 Å². The lowest BCUT2D eigenvalue weighted by molar-refractivity contribution is -0.118. The number of hydrogen-bond acceptors (Lipinski definition) is 4. The zero-order chi connectivity index (χ0) is 16.5. The van der Waals surface area contributed by atoms with E-state index in [1.54, 1.807) is 25.1 Å². The van der Waals surface area contributed by atoms with Crippen LogP contribution in [-0.4, -0.2) is 25.0 Å². The number of thioether (sulfide) groups is 1. The minimum absolute atomic E-state index is 0.127. The maximum atomic E-state index is 11.7. The van der Waals surface area contributed by atoms with Crippen LogP contribution in [0.3, 0.4) is 0 Å². The molecule has 0 aliphatic heterocycles. The van der Waals surface area contributed by atoms with Crippen molar-refractivity contribution in [1.82, 2.24) is 5.43 Å². The summed E-state index contributed by atoms with van der Waals surface area (Å²) in [7, 11) is 1.60. The van der Waals surface area contributed by atoms with Crippen molar-refractivity contribution in [3.8, 4) is 5.75 Å². The van der Waals surface area contributed by atoms with E-state index in [-0.39, 0.29) is 5.91 Å². The maximum absolute atomic E-state index is 11.7. The molecular formula is C17H17BrN2O2S. The molecule has 0 atom stereocenters. The SMILES string of the molecule is COc1ccccc1C=NNC(=O)CSCc1ccc(Br)cc1. The lowest BCUT2D eigenvalue weighted by Gasteiger charge is -2.03. The van der Waals surface area contributed by atoms with E-state index in [1.165, 1.54) is 5.56 Å². The van der Waals surface area contributed by atoms with Crippen LogP contribution in [0, 0.1) is 0 Å². The van der Waals surface area contributed by atoms with E-state index < -0.39 is 0 Å². The van der Waals surface area contributed by atoms with Gasteiger partial charge in [-0.05, 0) is 29.8 Å². The highest BCUT2D eigenvalue weighted by atomic mass is 79.9. The summed E-state index contributed by atoms with van der Waals surface area (Å²) in [6, 6.07) is 15.5. The largest absolute Gasteiger partial charge is 0.496 e. The fourth-order valence-corrected chi connectivity index (χ4v) is 2.87. The highest BCUT2D eigenvalue weighted by Crippen LogP contribution is 2.16. The number of rotatable bonds is 7. The first-order chi connectivity index (χ1) is 11.2. The molecule has 2 aromatic carbocycles. The van der Waals surface area contributed by atoms with Crippen molar-refractivity contribution in [1.29, 1.82) is 0 Å². The highest BCUT2D eigenvalue weighted by molar-refractivity contribution is 9.10. The van der Waals surface area contributed by atoms with E-state index in [2.05, 4.69) is 26.5 Å². The van der Waals surface area contributed by atoms with E-state index in [1.807, 2.05) is 48.5 Å². The molecule has 4 nitrogen and oxygen atoms in total. The zero-order valence-electron chi connectivity index (χ0n) is 12.7. The van der Waals surface area contributed by atoms with Crippen molar-refractivity contribution in [2.75, 3.05) is 12.9 Å². The summed E-state index contributed by atoms with van der Waals surface area (Å²) in [4.78, 5) is 11.7. The molecule has 1 N–H and O–H groups in total. The Morgan fingerprint density at radius 1 is 1.26 bits per heavy atom. The van der Waals surface area contributed by atoms with E-state index in [0.29, 0.717) is 5.75 Å². The molecule has 0 aliphatic rings. The fourth-order valence-electron chi connectivity index (χ4n) is 1.82. The number of hydrazone groups is 1. The molecule has 0 heterocycles. The summed E-state index contributed by atoms with van der Waals surface area (Å²) in [5.41, 5.74) is 4.53. The summed E-state index contributed by atoms with van der Waals surface area (Å²) in [5.74, 6) is 1.74. The third-order valence-corrected chi connectivity index (χ3v) is 4.48. The number of carbonyl (C=O) groups is 1. The molecule has 0 saturated carbocycles. The molecule has 0 unspecified atom stereocenters. The summed E-state index contributed by atoms with van der Waals surface area (Å²) in [5, 5.41) is 3.96. The van der Waals surface area contributed by atoms with Crippen molar-refractivity contribution in [2.45, 2.75) is 5.75 Å². The molecule has 1 amide bonds. The van der Waals surface area contributed by atoms with Gasteiger partial charge in [0.05, 0.1) is 19.1 Å². The second kappa shape index (κ2) is 9.37. The highest BCUT2D eigenvalue weighted by Gasteiger charge is 2.02.